The van der Waals surface area contributed by atoms with E-state index in [0.29, 0.717) is 11.7 Å². The lowest BCUT2D eigenvalue weighted by Crippen LogP contribution is -2.45. The van der Waals surface area contributed by atoms with Gasteiger partial charge in [-0.25, -0.2) is 0 Å². The first-order valence-corrected chi connectivity index (χ1v) is 6.58. The summed E-state index contributed by atoms with van der Waals surface area (Å²) in [7, 11) is 1.45. The third kappa shape index (κ3) is 2.12. The van der Waals surface area contributed by atoms with E-state index in [-0.39, 0.29) is 23.2 Å². The highest BCUT2D eigenvalue weighted by atomic mass is 16.5. The molecule has 0 N–H and O–H groups in total. The number of hydrogen-bond acceptors (Lipinski definition) is 3. The first kappa shape index (κ1) is 12.6. The van der Waals surface area contributed by atoms with Gasteiger partial charge in [-0.3, -0.25) is 9.59 Å². The molecule has 2 aliphatic rings. The Morgan fingerprint density at radius 2 is 2.12 bits per heavy atom. The van der Waals surface area contributed by atoms with Crippen molar-refractivity contribution >= 4 is 11.8 Å². The molecule has 0 heterocycles. The lowest BCUT2D eigenvalue weighted by atomic mass is 9.55. The number of carbonyl (C=O) groups is 2. The second-order valence-corrected chi connectivity index (χ2v) is 6.01. The molecule has 2 rings (SSSR count). The Morgan fingerprint density at radius 3 is 2.76 bits per heavy atom. The molecule has 2 saturated carbocycles. The molecule has 0 aromatic heterocycles. The first-order valence-electron chi connectivity index (χ1n) is 6.58. The van der Waals surface area contributed by atoms with E-state index in [0.717, 1.165) is 32.1 Å². The van der Waals surface area contributed by atoms with E-state index in [4.69, 9.17) is 4.74 Å². The van der Waals surface area contributed by atoms with E-state index < -0.39 is 0 Å². The highest BCUT2D eigenvalue weighted by molar-refractivity contribution is 5.82. The van der Waals surface area contributed by atoms with Crippen LogP contribution in [-0.2, 0) is 14.3 Å². The maximum atomic E-state index is 11.8. The van der Waals surface area contributed by atoms with Crippen LogP contribution in [0.3, 0.4) is 0 Å². The van der Waals surface area contributed by atoms with Gasteiger partial charge < -0.3 is 4.74 Å². The zero-order valence-electron chi connectivity index (χ0n) is 11.0. The van der Waals surface area contributed by atoms with Gasteiger partial charge in [0, 0.05) is 12.3 Å². The fraction of sp³-hybridized carbons (Fsp3) is 0.857. The van der Waals surface area contributed by atoms with Gasteiger partial charge in [0.15, 0.2) is 0 Å². The second kappa shape index (κ2) is 4.43. The summed E-state index contributed by atoms with van der Waals surface area (Å²) in [5, 5.41) is 0. The lowest BCUT2D eigenvalue weighted by molar-refractivity contribution is -0.152. The predicted molar refractivity (Wildman–Crippen MR) is 64.4 cm³/mol. The van der Waals surface area contributed by atoms with Crippen LogP contribution in [0.4, 0.5) is 0 Å². The first-order chi connectivity index (χ1) is 7.98. The van der Waals surface area contributed by atoms with Crippen LogP contribution in [0, 0.1) is 23.2 Å². The molecule has 4 atom stereocenters. The summed E-state index contributed by atoms with van der Waals surface area (Å²) >= 11 is 0. The summed E-state index contributed by atoms with van der Waals surface area (Å²) in [5.74, 6) is 0.754. The van der Waals surface area contributed by atoms with Crippen molar-refractivity contribution in [3.05, 3.63) is 0 Å². The van der Waals surface area contributed by atoms with E-state index >= 15 is 0 Å². The number of hydrogen-bond donors (Lipinski definition) is 0. The maximum Gasteiger partial charge on any atom is 0.308 e. The third-order valence-corrected chi connectivity index (χ3v) is 5.09. The van der Waals surface area contributed by atoms with E-state index in [1.807, 2.05) is 6.92 Å². The normalized spacial score (nSPS) is 41.8. The Kier molecular flexibility index (Phi) is 3.28. The number of rotatable bonds is 1. The Balaban J connectivity index is 2.15. The molecule has 0 amide bonds. The van der Waals surface area contributed by atoms with Crippen molar-refractivity contribution in [3.63, 3.8) is 0 Å². The number of carbonyl (C=O) groups excluding carboxylic acids is 2. The lowest BCUT2D eigenvalue weighted by Gasteiger charge is -2.49. The molecule has 2 aliphatic carbocycles. The molecular formula is C14H22O3. The Labute approximate surface area is 103 Å². The molecule has 17 heavy (non-hydrogen) atoms. The van der Waals surface area contributed by atoms with Crippen LogP contribution in [0.5, 0.6) is 0 Å². The summed E-state index contributed by atoms with van der Waals surface area (Å²) in [5.41, 5.74) is 0.262. The van der Waals surface area contributed by atoms with Crippen LogP contribution in [-0.4, -0.2) is 18.9 Å². The molecule has 3 nitrogen and oxygen atoms in total. The van der Waals surface area contributed by atoms with Gasteiger partial charge in [0.25, 0.3) is 0 Å². The molecule has 0 aromatic carbocycles. The topological polar surface area (TPSA) is 43.4 Å². The van der Waals surface area contributed by atoms with Crippen molar-refractivity contribution in [2.24, 2.45) is 23.2 Å². The van der Waals surface area contributed by atoms with Crippen LogP contribution in [0.2, 0.25) is 0 Å². The molecule has 2 fully saturated rings. The standard InChI is InChI=1S/C14H22O3/c1-9-11-8-10(13(16)17-3)4-6-14(11,2)7-5-12(9)15/h9-11H,4-8H2,1-3H3. The molecule has 0 aliphatic heterocycles. The molecule has 4 unspecified atom stereocenters. The molecule has 0 radical (unpaired) electrons. The predicted octanol–water partition coefficient (Wildman–Crippen LogP) is 2.58. The van der Waals surface area contributed by atoms with Crippen molar-refractivity contribution in [1.29, 1.82) is 0 Å². The maximum absolute atomic E-state index is 11.8. The number of Topliss-reactive ketones (excluding diaryl/α,β-unsaturated/α-hetero) is 1. The molecule has 0 bridgehead atoms. The van der Waals surface area contributed by atoms with Gasteiger partial charge in [-0.15, -0.1) is 0 Å². The minimum Gasteiger partial charge on any atom is -0.469 e. The van der Waals surface area contributed by atoms with Crippen molar-refractivity contribution in [2.75, 3.05) is 7.11 Å². The average Bonchev–Trinajstić information content (AvgIpc) is 2.33. The van der Waals surface area contributed by atoms with E-state index in [1.165, 1.54) is 7.11 Å². The van der Waals surface area contributed by atoms with E-state index in [2.05, 4.69) is 6.92 Å². The Hall–Kier alpha value is -0.860. The summed E-state index contributed by atoms with van der Waals surface area (Å²) in [6.07, 6.45) is 4.51. The SMILES string of the molecule is COC(=O)C1CCC2(C)CCC(=O)C(C)C2C1. The quantitative estimate of drug-likeness (QED) is 0.659. The highest BCUT2D eigenvalue weighted by Gasteiger charge is 2.48. The van der Waals surface area contributed by atoms with Crippen LogP contribution in [0.25, 0.3) is 0 Å². The van der Waals surface area contributed by atoms with Gasteiger partial charge in [-0.1, -0.05) is 13.8 Å². The monoisotopic (exact) mass is 238 g/mol. The summed E-state index contributed by atoms with van der Waals surface area (Å²) in [4.78, 5) is 23.4. The zero-order valence-corrected chi connectivity index (χ0v) is 11.0. The average molecular weight is 238 g/mol. The molecular weight excluding hydrogens is 216 g/mol. The Bertz CT molecular complexity index is 336. The summed E-state index contributed by atoms with van der Waals surface area (Å²) in [6, 6.07) is 0. The molecule has 96 valence electrons. The fourth-order valence-corrected chi connectivity index (χ4v) is 3.76. The number of fused-ring (bicyclic) bond motifs is 1. The molecule has 0 aromatic rings. The van der Waals surface area contributed by atoms with E-state index in [1.54, 1.807) is 0 Å². The van der Waals surface area contributed by atoms with Crippen molar-refractivity contribution < 1.29 is 14.3 Å². The van der Waals surface area contributed by atoms with Crippen LogP contribution < -0.4 is 0 Å². The van der Waals surface area contributed by atoms with Crippen LogP contribution in [0.1, 0.15) is 46.0 Å². The number of ketones is 1. The highest BCUT2D eigenvalue weighted by Crippen LogP contribution is 2.52. The van der Waals surface area contributed by atoms with Gasteiger partial charge in [0.2, 0.25) is 0 Å². The minimum absolute atomic E-state index is 0.00595. The van der Waals surface area contributed by atoms with Gasteiger partial charge >= 0.3 is 5.97 Å². The van der Waals surface area contributed by atoms with Crippen molar-refractivity contribution in [3.8, 4) is 0 Å². The minimum atomic E-state index is -0.0997. The van der Waals surface area contributed by atoms with E-state index in [9.17, 15) is 9.59 Å². The number of esters is 1. The zero-order chi connectivity index (χ0) is 12.6. The smallest absolute Gasteiger partial charge is 0.308 e. The number of methoxy groups -OCH3 is 1. The van der Waals surface area contributed by atoms with Gasteiger partial charge in [-0.2, -0.15) is 0 Å². The summed E-state index contributed by atoms with van der Waals surface area (Å²) < 4.78 is 4.84. The molecule has 0 spiro atoms. The second-order valence-electron chi connectivity index (χ2n) is 6.01. The third-order valence-electron chi connectivity index (χ3n) is 5.09. The van der Waals surface area contributed by atoms with Gasteiger partial charge in [-0.05, 0) is 37.0 Å². The van der Waals surface area contributed by atoms with Crippen molar-refractivity contribution in [2.45, 2.75) is 46.0 Å². The number of ether oxygens (including phenoxy) is 1. The molecule has 3 heteroatoms. The molecule has 0 saturated heterocycles. The largest absolute Gasteiger partial charge is 0.469 e. The van der Waals surface area contributed by atoms with Gasteiger partial charge in [0.05, 0.1) is 13.0 Å². The summed E-state index contributed by atoms with van der Waals surface area (Å²) in [6.45, 7) is 4.32. The van der Waals surface area contributed by atoms with Crippen LogP contribution in [0.15, 0.2) is 0 Å². The Morgan fingerprint density at radius 1 is 1.41 bits per heavy atom. The van der Waals surface area contributed by atoms with Crippen LogP contribution >= 0.6 is 0 Å². The van der Waals surface area contributed by atoms with Crippen molar-refractivity contribution in [1.82, 2.24) is 0 Å². The van der Waals surface area contributed by atoms with Gasteiger partial charge in [0.1, 0.15) is 5.78 Å². The fourth-order valence-electron chi connectivity index (χ4n) is 3.76.